The van der Waals surface area contributed by atoms with E-state index in [4.69, 9.17) is 33.9 Å². The van der Waals surface area contributed by atoms with Crippen LogP contribution in [0.1, 0.15) is 110 Å². The highest BCUT2D eigenvalue weighted by atomic mass is 19.1. The van der Waals surface area contributed by atoms with Gasteiger partial charge in [0.2, 0.25) is 23.8 Å². The zero-order valence-electron chi connectivity index (χ0n) is 67.4. The second-order valence-electron chi connectivity index (χ2n) is 30.1. The molecule has 0 fully saturated rings. The number of rotatable bonds is 17. The summed E-state index contributed by atoms with van der Waals surface area (Å²) in [6.07, 6.45) is 20.0. The van der Waals surface area contributed by atoms with Crippen LogP contribution in [-0.2, 0) is 73.0 Å². The van der Waals surface area contributed by atoms with Crippen LogP contribution >= 0.6 is 0 Å². The van der Waals surface area contributed by atoms with Gasteiger partial charge in [-0.15, -0.1) is 0 Å². The van der Waals surface area contributed by atoms with E-state index < -0.39 is 0 Å². The zero-order valence-corrected chi connectivity index (χ0v) is 67.4. The summed E-state index contributed by atoms with van der Waals surface area (Å²) >= 11 is 0. The average molecular weight is 1580 g/mol. The first-order valence-corrected chi connectivity index (χ1v) is 39.0. The molecule has 4 aliphatic rings. The van der Waals surface area contributed by atoms with Crippen molar-refractivity contribution in [3.63, 3.8) is 0 Å². The van der Waals surface area contributed by atoms with Gasteiger partial charge in [0.1, 0.15) is 46.1 Å². The quantitative estimate of drug-likeness (QED) is 0.0659. The first-order chi connectivity index (χ1) is 56.5. The highest BCUT2D eigenvalue weighted by molar-refractivity contribution is 5.81. The van der Waals surface area contributed by atoms with E-state index in [2.05, 4.69) is 99.5 Å². The third-order valence-electron chi connectivity index (χ3n) is 21.5. The molecule has 0 bridgehead atoms. The van der Waals surface area contributed by atoms with Crippen molar-refractivity contribution in [2.45, 2.75) is 127 Å². The van der Waals surface area contributed by atoms with Crippen molar-refractivity contribution in [1.29, 1.82) is 0 Å². The fourth-order valence-corrected chi connectivity index (χ4v) is 16.1. The van der Waals surface area contributed by atoms with Gasteiger partial charge in [0.15, 0.2) is 16.9 Å². The standard InChI is InChI=1S/C23H25FN6O.2C21H21FN6O.C21H22N6O/c1-13(2)30-15(4)17(11-27-30)19-10-26-23(29-12-14(3)28-22(19)29)25-9-18-16-7-8-31-21(16)6-5-20(18)24;2*1-12-8-18(27(3)26-12)16-10-24-21(28-11-13(2)25-20(16)28)23-9-15-14-6-7-29-19(14)5-4-17(15)22;1-13-9-18(26(3)25-13)17-11-23-21(27-12-14(2)24-20(17)27)22-10-15-5-4-6-19-16(15)7-8-28-19/h5-6,10-13H,7-9H2,1-4H3,(H,25,26);2*4-5,8,10-11H,6-7,9H2,1-3H3,(H,23,24);4-6,9,11-12H,7-8,10H2,1-3H3,(H,22,23). The maximum atomic E-state index is 14.5. The molecule has 0 amide bonds. The molecule has 4 aromatic carbocycles. The summed E-state index contributed by atoms with van der Waals surface area (Å²) in [5.74, 6) is 5.20. The molecular formula is C86H89F3N24O4. The van der Waals surface area contributed by atoms with Crippen molar-refractivity contribution >= 4 is 46.4 Å². The fraction of sp³-hybridized carbons (Fsp3) is 0.302. The van der Waals surface area contributed by atoms with Crippen molar-refractivity contribution in [3.8, 4) is 67.9 Å². The SMILES string of the molecule is Cc1cn2c(NCc3c(F)ccc4c3CCO4)ncc(-c3cc(C)nn3C)c2n1.Cc1cn2c(NCc3c(F)ccc4c3CCO4)ncc(-c3cc(C)nn3C)c2n1.Cc1cn2c(NCc3c(F)ccc4c3CCO4)ncc(-c3cnn(C(C)C)c3C)c2n1.Cc1cn2c(NCc3cccc4c3CCO4)ncc(-c3cc(C)nn3C)c2n1. The molecule has 4 aliphatic heterocycles. The third kappa shape index (κ3) is 14.8. The Morgan fingerprint density at radius 1 is 0.376 bits per heavy atom. The topological polar surface area (TPSA) is 277 Å². The van der Waals surface area contributed by atoms with Gasteiger partial charge in [-0.05, 0) is 135 Å². The van der Waals surface area contributed by atoms with Gasteiger partial charge in [-0.25, -0.2) is 53.0 Å². The minimum absolute atomic E-state index is 0.233. The van der Waals surface area contributed by atoms with E-state index in [-0.39, 0.29) is 23.5 Å². The molecule has 117 heavy (non-hydrogen) atoms. The van der Waals surface area contributed by atoms with E-state index >= 15 is 0 Å². The number of aryl methyl sites for hydroxylation is 10. The van der Waals surface area contributed by atoms with E-state index in [1.54, 1.807) is 30.6 Å². The summed E-state index contributed by atoms with van der Waals surface area (Å²) in [5.41, 5.74) is 25.5. The molecule has 0 saturated carbocycles. The van der Waals surface area contributed by atoms with Crippen LogP contribution in [0.3, 0.4) is 0 Å². The van der Waals surface area contributed by atoms with E-state index in [1.807, 2.05) is 174 Å². The molecular weight excluding hydrogens is 1490 g/mol. The normalized spacial score (nSPS) is 13.0. The number of fused-ring (bicyclic) bond motifs is 8. The number of aromatic nitrogens is 20. The van der Waals surface area contributed by atoms with Gasteiger partial charge in [-0.3, -0.25) is 36.3 Å². The van der Waals surface area contributed by atoms with Crippen LogP contribution in [0.15, 0.2) is 129 Å². The van der Waals surface area contributed by atoms with Gasteiger partial charge in [0.05, 0.1) is 106 Å². The molecule has 0 unspecified atom stereocenters. The maximum absolute atomic E-state index is 14.5. The second kappa shape index (κ2) is 31.3. The number of benzene rings is 4. The largest absolute Gasteiger partial charge is 0.493 e. The lowest BCUT2D eigenvalue weighted by Gasteiger charge is -2.13. The lowest BCUT2D eigenvalue weighted by atomic mass is 10.0. The summed E-state index contributed by atoms with van der Waals surface area (Å²) in [6, 6.07) is 22.0. The van der Waals surface area contributed by atoms with Crippen molar-refractivity contribution in [2.24, 2.45) is 21.1 Å². The summed E-state index contributed by atoms with van der Waals surface area (Å²) in [5, 5.41) is 31.2. The first kappa shape index (κ1) is 76.0. The van der Waals surface area contributed by atoms with Crippen LogP contribution in [0.2, 0.25) is 0 Å². The van der Waals surface area contributed by atoms with Gasteiger partial charge in [0, 0.05) is 184 Å². The molecule has 16 aromatic rings. The Morgan fingerprint density at radius 3 is 1.03 bits per heavy atom. The molecule has 0 radical (unpaired) electrons. The molecule has 0 saturated heterocycles. The first-order valence-electron chi connectivity index (χ1n) is 39.0. The lowest BCUT2D eigenvalue weighted by molar-refractivity contribution is 0.356. The van der Waals surface area contributed by atoms with Crippen LogP contribution in [0, 0.1) is 72.8 Å². The summed E-state index contributed by atoms with van der Waals surface area (Å²) < 4.78 is 81.1. The van der Waals surface area contributed by atoms with Gasteiger partial charge < -0.3 is 40.2 Å². The van der Waals surface area contributed by atoms with E-state index in [0.717, 1.165) is 191 Å². The van der Waals surface area contributed by atoms with Gasteiger partial charge in [-0.2, -0.15) is 20.4 Å². The number of nitrogens with zero attached hydrogens (tertiary/aromatic N) is 20. The number of nitrogens with one attached hydrogen (secondary N) is 4. The smallest absolute Gasteiger partial charge is 0.208 e. The van der Waals surface area contributed by atoms with Crippen LogP contribution in [-0.4, -0.2) is 123 Å². The highest BCUT2D eigenvalue weighted by Crippen LogP contribution is 2.38. The van der Waals surface area contributed by atoms with E-state index in [9.17, 15) is 13.2 Å². The molecule has 4 N–H and O–H groups in total. The number of halogens is 3. The Bertz CT molecular complexity index is 6320. The second-order valence-corrected chi connectivity index (χ2v) is 30.1. The van der Waals surface area contributed by atoms with Gasteiger partial charge in [-0.1, -0.05) is 12.1 Å². The Balaban J connectivity index is 0.000000112. The Morgan fingerprint density at radius 2 is 0.701 bits per heavy atom. The summed E-state index contributed by atoms with van der Waals surface area (Å²) in [7, 11) is 5.75. The molecule has 16 heterocycles. The molecule has 0 atom stereocenters. The number of hydrogen-bond donors (Lipinski definition) is 4. The molecule has 0 aliphatic carbocycles. The maximum Gasteiger partial charge on any atom is 0.208 e. The third-order valence-corrected chi connectivity index (χ3v) is 21.5. The van der Waals surface area contributed by atoms with Crippen molar-refractivity contribution < 1.29 is 32.1 Å². The van der Waals surface area contributed by atoms with Crippen LogP contribution in [0.4, 0.5) is 37.0 Å². The molecule has 31 heteroatoms. The zero-order chi connectivity index (χ0) is 81.2. The number of anilines is 4. The molecule has 20 rings (SSSR count). The van der Waals surface area contributed by atoms with Crippen molar-refractivity contribution in [1.82, 2.24) is 96.6 Å². The molecule has 12 aromatic heterocycles. The predicted molar refractivity (Wildman–Crippen MR) is 440 cm³/mol. The van der Waals surface area contributed by atoms with Gasteiger partial charge in [0.25, 0.3) is 0 Å². The fourth-order valence-electron chi connectivity index (χ4n) is 16.1. The average Bonchev–Trinajstić information content (AvgIpc) is 1.64. The predicted octanol–water partition coefficient (Wildman–Crippen LogP) is 14.6. The highest BCUT2D eigenvalue weighted by Gasteiger charge is 2.27. The Kier molecular flexibility index (Phi) is 20.3. The van der Waals surface area contributed by atoms with Crippen molar-refractivity contribution in [2.75, 3.05) is 47.7 Å². The van der Waals surface area contributed by atoms with Crippen LogP contribution in [0.25, 0.3) is 67.5 Å². The molecule has 598 valence electrons. The monoisotopic (exact) mass is 1580 g/mol. The summed E-state index contributed by atoms with van der Waals surface area (Å²) in [4.78, 5) is 37.4. The number of hydrogen-bond acceptors (Lipinski definition) is 20. The molecule has 28 nitrogen and oxygen atoms in total. The summed E-state index contributed by atoms with van der Waals surface area (Å²) in [6.45, 7) is 24.2. The van der Waals surface area contributed by atoms with Gasteiger partial charge >= 0.3 is 0 Å². The minimum atomic E-state index is -0.234. The Hall–Kier alpha value is -13.6. The number of ether oxygens (including phenoxy) is 4. The van der Waals surface area contributed by atoms with Crippen molar-refractivity contribution in [3.05, 3.63) is 236 Å². The minimum Gasteiger partial charge on any atom is -0.493 e. The lowest BCUT2D eigenvalue weighted by Crippen LogP contribution is -2.10. The molecule has 0 spiro atoms. The number of imidazole rings is 4. The van der Waals surface area contributed by atoms with E-state index in [0.29, 0.717) is 80.5 Å². The van der Waals surface area contributed by atoms with E-state index in [1.165, 1.54) is 29.3 Å². The van der Waals surface area contributed by atoms with Crippen LogP contribution in [0.5, 0.6) is 23.0 Å². The van der Waals surface area contributed by atoms with Crippen LogP contribution < -0.4 is 40.2 Å². The Labute approximate surface area is 671 Å².